The lowest BCUT2D eigenvalue weighted by atomic mass is 9.96. The van der Waals surface area contributed by atoms with Crippen LogP contribution in [0.1, 0.15) is 56.1 Å². The van der Waals surface area contributed by atoms with E-state index in [-0.39, 0.29) is 0 Å². The molecule has 2 nitrogen and oxygen atoms in total. The van der Waals surface area contributed by atoms with Crippen LogP contribution in [0.3, 0.4) is 0 Å². The third-order valence-corrected chi connectivity index (χ3v) is 5.64. The van der Waals surface area contributed by atoms with E-state index in [2.05, 4.69) is 17.4 Å². The summed E-state index contributed by atoms with van der Waals surface area (Å²) in [5, 5.41) is 5.02. The second-order valence-electron chi connectivity index (χ2n) is 7.06. The monoisotopic (exact) mass is 391 g/mol. The lowest BCUT2D eigenvalue weighted by Crippen LogP contribution is -2.29. The minimum atomic E-state index is 0.441. The van der Waals surface area contributed by atoms with Gasteiger partial charge in [0.1, 0.15) is 12.4 Å². The first-order valence-corrected chi connectivity index (χ1v) is 10.4. The average Bonchev–Trinajstić information content (AvgIpc) is 2.61. The molecule has 140 valence electrons. The van der Waals surface area contributed by atoms with Gasteiger partial charge in [0, 0.05) is 33.8 Å². The van der Waals surface area contributed by atoms with Gasteiger partial charge in [-0.25, -0.2) is 0 Å². The van der Waals surface area contributed by atoms with Gasteiger partial charge in [0.15, 0.2) is 0 Å². The molecule has 2 aromatic carbocycles. The van der Waals surface area contributed by atoms with Gasteiger partial charge in [0.2, 0.25) is 0 Å². The fourth-order valence-corrected chi connectivity index (χ4v) is 3.96. The first kappa shape index (κ1) is 19.5. The van der Waals surface area contributed by atoms with Crippen LogP contribution in [-0.4, -0.2) is 6.04 Å². The molecule has 1 fully saturated rings. The van der Waals surface area contributed by atoms with E-state index in [0.717, 1.165) is 17.9 Å². The summed E-state index contributed by atoms with van der Waals surface area (Å²) < 4.78 is 6.06. The van der Waals surface area contributed by atoms with E-state index in [0.29, 0.717) is 22.7 Å². The van der Waals surface area contributed by atoms with Gasteiger partial charge in [-0.3, -0.25) is 0 Å². The van der Waals surface area contributed by atoms with Crippen LogP contribution in [0, 0.1) is 0 Å². The van der Waals surface area contributed by atoms with E-state index in [4.69, 9.17) is 27.9 Å². The summed E-state index contributed by atoms with van der Waals surface area (Å²) in [6, 6.07) is 14.4. The molecule has 1 aliphatic carbocycles. The van der Waals surface area contributed by atoms with Gasteiger partial charge in [-0.15, -0.1) is 0 Å². The Bertz CT molecular complexity index is 696. The van der Waals surface area contributed by atoms with Crippen molar-refractivity contribution in [1.29, 1.82) is 0 Å². The highest BCUT2D eigenvalue weighted by atomic mass is 35.5. The SMILES string of the molecule is Clc1ccc(COc2ccccc2CNC2CCCCCCC2)c(Cl)c1. The van der Waals surface area contributed by atoms with Crippen molar-refractivity contribution in [3.8, 4) is 5.75 Å². The number of benzene rings is 2. The minimum absolute atomic E-state index is 0.441. The largest absolute Gasteiger partial charge is 0.489 e. The maximum absolute atomic E-state index is 6.25. The molecule has 1 N–H and O–H groups in total. The van der Waals surface area contributed by atoms with Crippen LogP contribution in [0.15, 0.2) is 42.5 Å². The Kier molecular flexibility index (Phi) is 7.67. The zero-order valence-electron chi connectivity index (χ0n) is 15.1. The number of hydrogen-bond donors (Lipinski definition) is 1. The number of para-hydroxylation sites is 1. The molecule has 4 heteroatoms. The third kappa shape index (κ3) is 5.90. The summed E-state index contributed by atoms with van der Waals surface area (Å²) in [4.78, 5) is 0. The molecular formula is C22H27Cl2NO. The number of rotatable bonds is 6. The molecule has 0 radical (unpaired) electrons. The average molecular weight is 392 g/mol. The first-order chi connectivity index (χ1) is 12.7. The van der Waals surface area contributed by atoms with Crippen LogP contribution in [0.5, 0.6) is 5.75 Å². The van der Waals surface area contributed by atoms with Crippen molar-refractivity contribution in [1.82, 2.24) is 5.32 Å². The topological polar surface area (TPSA) is 21.3 Å². The maximum atomic E-state index is 6.25. The summed E-state index contributed by atoms with van der Waals surface area (Å²) in [7, 11) is 0. The Balaban J connectivity index is 1.58. The van der Waals surface area contributed by atoms with Crippen molar-refractivity contribution >= 4 is 23.2 Å². The first-order valence-electron chi connectivity index (χ1n) is 9.60. The van der Waals surface area contributed by atoms with Crippen molar-refractivity contribution < 1.29 is 4.74 Å². The molecule has 0 bridgehead atoms. The van der Waals surface area contributed by atoms with E-state index in [1.54, 1.807) is 6.07 Å². The van der Waals surface area contributed by atoms with E-state index in [1.807, 2.05) is 24.3 Å². The van der Waals surface area contributed by atoms with Crippen LogP contribution >= 0.6 is 23.2 Å². The van der Waals surface area contributed by atoms with Crippen LogP contribution in [0.25, 0.3) is 0 Å². The number of halogens is 2. The Morgan fingerprint density at radius 1 is 0.885 bits per heavy atom. The Morgan fingerprint density at radius 2 is 1.62 bits per heavy atom. The lowest BCUT2D eigenvalue weighted by molar-refractivity contribution is 0.300. The van der Waals surface area contributed by atoms with Gasteiger partial charge in [-0.1, -0.05) is 79.6 Å². The highest BCUT2D eigenvalue weighted by molar-refractivity contribution is 6.35. The molecule has 0 spiro atoms. The smallest absolute Gasteiger partial charge is 0.124 e. The van der Waals surface area contributed by atoms with Crippen molar-refractivity contribution in [2.75, 3.05) is 0 Å². The second kappa shape index (κ2) is 10.2. The normalized spacial score (nSPS) is 16.1. The van der Waals surface area contributed by atoms with Gasteiger partial charge in [0.05, 0.1) is 0 Å². The zero-order chi connectivity index (χ0) is 18.2. The van der Waals surface area contributed by atoms with Crippen molar-refractivity contribution in [3.63, 3.8) is 0 Å². The maximum Gasteiger partial charge on any atom is 0.124 e. The summed E-state index contributed by atoms with van der Waals surface area (Å²) in [6.07, 6.45) is 9.39. The molecule has 0 aromatic heterocycles. The van der Waals surface area contributed by atoms with Crippen LogP contribution in [0.2, 0.25) is 10.0 Å². The van der Waals surface area contributed by atoms with Gasteiger partial charge < -0.3 is 10.1 Å². The summed E-state index contributed by atoms with van der Waals surface area (Å²) >= 11 is 12.2. The van der Waals surface area contributed by atoms with Crippen molar-refractivity contribution in [2.24, 2.45) is 0 Å². The van der Waals surface area contributed by atoms with E-state index in [9.17, 15) is 0 Å². The Labute approximate surface area is 166 Å². The fraction of sp³-hybridized carbons (Fsp3) is 0.455. The van der Waals surface area contributed by atoms with E-state index < -0.39 is 0 Å². The highest BCUT2D eigenvalue weighted by Gasteiger charge is 2.12. The summed E-state index contributed by atoms with van der Waals surface area (Å²) in [6.45, 7) is 1.28. The molecule has 2 aromatic rings. The molecule has 1 saturated carbocycles. The number of ether oxygens (including phenoxy) is 1. The summed E-state index contributed by atoms with van der Waals surface area (Å²) in [5.41, 5.74) is 2.14. The lowest BCUT2D eigenvalue weighted by Gasteiger charge is -2.22. The number of hydrogen-bond acceptors (Lipinski definition) is 2. The Morgan fingerprint density at radius 3 is 2.38 bits per heavy atom. The fourth-order valence-electron chi connectivity index (χ4n) is 3.50. The molecule has 0 saturated heterocycles. The predicted molar refractivity (Wildman–Crippen MR) is 110 cm³/mol. The van der Waals surface area contributed by atoms with Gasteiger partial charge >= 0.3 is 0 Å². The van der Waals surface area contributed by atoms with Gasteiger partial charge in [-0.2, -0.15) is 0 Å². The molecule has 1 aliphatic rings. The molecule has 0 unspecified atom stereocenters. The third-order valence-electron chi connectivity index (χ3n) is 5.06. The van der Waals surface area contributed by atoms with Crippen LogP contribution in [0.4, 0.5) is 0 Å². The van der Waals surface area contributed by atoms with Crippen molar-refractivity contribution in [2.45, 2.75) is 64.1 Å². The Hall–Kier alpha value is -1.22. The quantitative estimate of drug-likeness (QED) is 0.585. The molecule has 26 heavy (non-hydrogen) atoms. The predicted octanol–water partition coefficient (Wildman–Crippen LogP) is 6.77. The molecule has 0 atom stereocenters. The van der Waals surface area contributed by atoms with Crippen LogP contribution in [-0.2, 0) is 13.2 Å². The van der Waals surface area contributed by atoms with E-state index >= 15 is 0 Å². The van der Waals surface area contributed by atoms with Crippen molar-refractivity contribution in [3.05, 3.63) is 63.6 Å². The van der Waals surface area contributed by atoms with Crippen LogP contribution < -0.4 is 10.1 Å². The van der Waals surface area contributed by atoms with E-state index in [1.165, 1.54) is 50.5 Å². The second-order valence-corrected chi connectivity index (χ2v) is 7.90. The molecule has 0 heterocycles. The molecule has 3 rings (SSSR count). The molecular weight excluding hydrogens is 365 g/mol. The van der Waals surface area contributed by atoms with Gasteiger partial charge in [-0.05, 0) is 31.0 Å². The minimum Gasteiger partial charge on any atom is -0.489 e. The zero-order valence-corrected chi connectivity index (χ0v) is 16.7. The van der Waals surface area contributed by atoms with Gasteiger partial charge in [0.25, 0.3) is 0 Å². The standard InChI is InChI=1S/C22H27Cl2NO/c23-19-13-12-18(21(24)14-19)16-26-22-11-7-6-8-17(22)15-25-20-9-4-2-1-3-5-10-20/h6-8,11-14,20,25H,1-5,9-10,15-16H2. The highest BCUT2D eigenvalue weighted by Crippen LogP contribution is 2.25. The number of nitrogens with one attached hydrogen (secondary N) is 1. The summed E-state index contributed by atoms with van der Waals surface area (Å²) in [5.74, 6) is 0.914. The molecule has 0 amide bonds. The molecule has 0 aliphatic heterocycles.